The maximum atomic E-state index is 12.4. The van der Waals surface area contributed by atoms with Crippen LogP contribution in [0.3, 0.4) is 0 Å². The zero-order valence-electron chi connectivity index (χ0n) is 14.4. The fourth-order valence-corrected chi connectivity index (χ4v) is 3.31. The quantitative estimate of drug-likeness (QED) is 0.852. The zero-order chi connectivity index (χ0) is 16.9. The van der Waals surface area contributed by atoms with Crippen LogP contribution in [-0.2, 0) is 11.2 Å². The van der Waals surface area contributed by atoms with Gasteiger partial charge in [-0.05, 0) is 43.0 Å². The number of anilines is 1. The highest BCUT2D eigenvalue weighted by atomic mass is 35.5. The van der Waals surface area contributed by atoms with Crippen LogP contribution in [0.5, 0.6) is 5.75 Å². The predicted molar refractivity (Wildman–Crippen MR) is 103 cm³/mol. The molecule has 2 aromatic rings. The molecule has 2 unspecified atom stereocenters. The van der Waals surface area contributed by atoms with Crippen LogP contribution in [0, 0.1) is 5.92 Å². The molecule has 0 radical (unpaired) electrons. The molecule has 0 bridgehead atoms. The first-order valence-corrected chi connectivity index (χ1v) is 8.43. The summed E-state index contributed by atoms with van der Waals surface area (Å²) in [6.07, 6.45) is 3.35. The second-order valence-electron chi connectivity index (χ2n) is 6.45. The number of hydrogen-bond donors (Lipinski definition) is 2. The summed E-state index contributed by atoms with van der Waals surface area (Å²) >= 11 is 0. The van der Waals surface area contributed by atoms with Gasteiger partial charge in [-0.25, -0.2) is 0 Å². The lowest BCUT2D eigenvalue weighted by atomic mass is 10.0. The third kappa shape index (κ3) is 4.97. The molecule has 1 fully saturated rings. The smallest absolute Gasteiger partial charge is 0.227 e. The van der Waals surface area contributed by atoms with Crippen LogP contribution in [0.25, 0.3) is 0 Å². The van der Waals surface area contributed by atoms with Gasteiger partial charge in [0.25, 0.3) is 0 Å². The van der Waals surface area contributed by atoms with Gasteiger partial charge in [0, 0.05) is 29.6 Å². The number of amides is 1. The van der Waals surface area contributed by atoms with Crippen LogP contribution < -0.4 is 15.8 Å². The average Bonchev–Trinajstić information content (AvgIpc) is 3.03. The fourth-order valence-electron chi connectivity index (χ4n) is 3.31. The Balaban J connectivity index is 0.00000225. The molecule has 1 saturated carbocycles. The molecule has 3 rings (SSSR count). The number of carbonyl (C=O) groups excluding carboxylic acids is 1. The van der Waals surface area contributed by atoms with E-state index in [9.17, 15) is 4.79 Å². The van der Waals surface area contributed by atoms with Gasteiger partial charge in [0.2, 0.25) is 5.91 Å². The molecule has 0 saturated heterocycles. The van der Waals surface area contributed by atoms with E-state index in [0.29, 0.717) is 0 Å². The van der Waals surface area contributed by atoms with Crippen molar-refractivity contribution >= 4 is 24.0 Å². The van der Waals surface area contributed by atoms with Crippen molar-refractivity contribution in [2.45, 2.75) is 31.7 Å². The molecular weight excluding hydrogens is 336 g/mol. The Morgan fingerprint density at radius 2 is 1.96 bits per heavy atom. The molecule has 0 spiro atoms. The van der Waals surface area contributed by atoms with Gasteiger partial charge in [-0.2, -0.15) is 0 Å². The number of nitrogens with two attached hydrogens (primary N) is 1. The summed E-state index contributed by atoms with van der Waals surface area (Å²) in [6.45, 7) is 0. The summed E-state index contributed by atoms with van der Waals surface area (Å²) in [6, 6.07) is 16.2. The lowest BCUT2D eigenvalue weighted by Gasteiger charge is -2.14. The van der Waals surface area contributed by atoms with E-state index in [4.69, 9.17) is 10.5 Å². The van der Waals surface area contributed by atoms with Crippen LogP contribution >= 0.6 is 12.4 Å². The highest BCUT2D eigenvalue weighted by Crippen LogP contribution is 2.28. The number of carbonyl (C=O) groups is 1. The second-order valence-corrected chi connectivity index (χ2v) is 6.45. The van der Waals surface area contributed by atoms with E-state index >= 15 is 0 Å². The van der Waals surface area contributed by atoms with E-state index in [1.54, 1.807) is 7.11 Å². The molecule has 1 aliphatic carbocycles. The molecule has 2 aromatic carbocycles. The van der Waals surface area contributed by atoms with Gasteiger partial charge in [0.15, 0.2) is 0 Å². The molecule has 25 heavy (non-hydrogen) atoms. The van der Waals surface area contributed by atoms with Crippen LogP contribution in [0.4, 0.5) is 5.69 Å². The van der Waals surface area contributed by atoms with E-state index in [-0.39, 0.29) is 30.3 Å². The van der Waals surface area contributed by atoms with Gasteiger partial charge in [-0.15, -0.1) is 12.4 Å². The van der Waals surface area contributed by atoms with Crippen molar-refractivity contribution < 1.29 is 9.53 Å². The standard InChI is InChI=1S/C20H24N2O2.ClH/c1-24-19-10-9-18(22-20(23)15-7-8-17(21)12-15)13-16(19)11-14-5-3-2-4-6-14;/h2-6,9-10,13,15,17H,7-8,11-12,21H2,1H3,(H,22,23);1H. The van der Waals surface area contributed by atoms with Crippen molar-refractivity contribution in [1.82, 2.24) is 0 Å². The minimum atomic E-state index is 0. The molecule has 0 aromatic heterocycles. The van der Waals surface area contributed by atoms with Crippen molar-refractivity contribution in [3.05, 3.63) is 59.7 Å². The Kier molecular flexibility index (Phi) is 6.85. The normalized spacial score (nSPS) is 19.1. The lowest BCUT2D eigenvalue weighted by molar-refractivity contribution is -0.119. The highest BCUT2D eigenvalue weighted by molar-refractivity contribution is 5.93. The van der Waals surface area contributed by atoms with Crippen molar-refractivity contribution in [3.63, 3.8) is 0 Å². The molecule has 4 nitrogen and oxygen atoms in total. The number of benzene rings is 2. The first kappa shape index (κ1) is 19.3. The Bertz CT molecular complexity index is 706. The van der Waals surface area contributed by atoms with E-state index in [1.165, 1.54) is 5.56 Å². The SMILES string of the molecule is COc1ccc(NC(=O)C2CCC(N)C2)cc1Cc1ccccc1.Cl. The molecule has 1 aliphatic rings. The maximum absolute atomic E-state index is 12.4. The highest BCUT2D eigenvalue weighted by Gasteiger charge is 2.27. The summed E-state index contributed by atoms with van der Waals surface area (Å²) in [5, 5.41) is 3.03. The fraction of sp³-hybridized carbons (Fsp3) is 0.350. The molecule has 134 valence electrons. The molecule has 0 aliphatic heterocycles. The summed E-state index contributed by atoms with van der Waals surface area (Å²) in [4.78, 5) is 12.4. The van der Waals surface area contributed by atoms with Crippen LogP contribution in [0.15, 0.2) is 48.5 Å². The lowest BCUT2D eigenvalue weighted by Crippen LogP contribution is -2.23. The van der Waals surface area contributed by atoms with Crippen molar-refractivity contribution in [1.29, 1.82) is 0 Å². The van der Waals surface area contributed by atoms with E-state index in [2.05, 4.69) is 17.4 Å². The minimum Gasteiger partial charge on any atom is -0.496 e. The second kappa shape index (κ2) is 8.88. The van der Waals surface area contributed by atoms with E-state index in [1.807, 2.05) is 36.4 Å². The molecular formula is C20H25ClN2O2. The Morgan fingerprint density at radius 1 is 1.20 bits per heavy atom. The van der Waals surface area contributed by atoms with Gasteiger partial charge >= 0.3 is 0 Å². The number of ether oxygens (including phenoxy) is 1. The number of hydrogen-bond acceptors (Lipinski definition) is 3. The van der Waals surface area contributed by atoms with Crippen LogP contribution in [-0.4, -0.2) is 19.1 Å². The summed E-state index contributed by atoms with van der Waals surface area (Å²) < 4.78 is 5.46. The van der Waals surface area contributed by atoms with E-state index in [0.717, 1.165) is 42.7 Å². The molecule has 0 heterocycles. The summed E-state index contributed by atoms with van der Waals surface area (Å²) in [5.41, 5.74) is 8.99. The third-order valence-corrected chi connectivity index (χ3v) is 4.63. The third-order valence-electron chi connectivity index (χ3n) is 4.63. The Labute approximate surface area is 155 Å². The Hall–Kier alpha value is -2.04. The number of nitrogens with one attached hydrogen (secondary N) is 1. The zero-order valence-corrected chi connectivity index (χ0v) is 15.2. The van der Waals surface area contributed by atoms with Crippen molar-refractivity contribution in [3.8, 4) is 5.75 Å². The van der Waals surface area contributed by atoms with Gasteiger partial charge in [0.05, 0.1) is 7.11 Å². The average molecular weight is 361 g/mol. The summed E-state index contributed by atoms with van der Waals surface area (Å²) in [5.74, 6) is 0.929. The number of methoxy groups -OCH3 is 1. The summed E-state index contributed by atoms with van der Waals surface area (Å²) in [7, 11) is 1.67. The number of halogens is 1. The van der Waals surface area contributed by atoms with Crippen LogP contribution in [0.2, 0.25) is 0 Å². The largest absolute Gasteiger partial charge is 0.496 e. The van der Waals surface area contributed by atoms with Crippen LogP contribution in [0.1, 0.15) is 30.4 Å². The molecule has 5 heteroatoms. The first-order chi connectivity index (χ1) is 11.7. The van der Waals surface area contributed by atoms with Gasteiger partial charge in [0.1, 0.15) is 5.75 Å². The monoisotopic (exact) mass is 360 g/mol. The van der Waals surface area contributed by atoms with Gasteiger partial charge in [-0.1, -0.05) is 30.3 Å². The minimum absolute atomic E-state index is 0. The Morgan fingerprint density at radius 3 is 2.60 bits per heavy atom. The van der Waals surface area contributed by atoms with Crippen molar-refractivity contribution in [2.24, 2.45) is 11.7 Å². The number of rotatable bonds is 5. The predicted octanol–water partition coefficient (Wildman–Crippen LogP) is 3.77. The topological polar surface area (TPSA) is 64.3 Å². The van der Waals surface area contributed by atoms with E-state index < -0.39 is 0 Å². The molecule has 1 amide bonds. The first-order valence-electron chi connectivity index (χ1n) is 8.43. The molecule has 3 N–H and O–H groups in total. The van der Waals surface area contributed by atoms with Crippen molar-refractivity contribution in [2.75, 3.05) is 12.4 Å². The van der Waals surface area contributed by atoms with Gasteiger partial charge < -0.3 is 15.8 Å². The molecule has 2 atom stereocenters. The van der Waals surface area contributed by atoms with Gasteiger partial charge in [-0.3, -0.25) is 4.79 Å². The maximum Gasteiger partial charge on any atom is 0.227 e.